The minimum absolute atomic E-state index is 0.00213. The number of carbonyl (C=O) groups is 2. The molecule has 0 radical (unpaired) electrons. The van der Waals surface area contributed by atoms with Crippen molar-refractivity contribution in [3.63, 3.8) is 0 Å². The molecule has 0 aliphatic carbocycles. The topological polar surface area (TPSA) is 136 Å². The van der Waals surface area contributed by atoms with Gasteiger partial charge in [0, 0.05) is 43.3 Å². The normalized spacial score (nSPS) is 17.7. The van der Waals surface area contributed by atoms with Gasteiger partial charge in [0.05, 0.1) is 35.2 Å². The number of benzene rings is 3. The van der Waals surface area contributed by atoms with Crippen LogP contribution in [0, 0.1) is 0 Å². The number of para-hydroxylation sites is 2. The first-order valence-electron chi connectivity index (χ1n) is 15.5. The number of rotatable bonds is 14. The molecule has 1 aliphatic rings. The molecule has 5 rings (SSSR count). The van der Waals surface area contributed by atoms with Crippen molar-refractivity contribution < 1.29 is 24.2 Å². The van der Waals surface area contributed by atoms with Crippen molar-refractivity contribution in [1.82, 2.24) is 10.3 Å². The summed E-state index contributed by atoms with van der Waals surface area (Å²) < 4.78 is 12.9. The lowest BCUT2D eigenvalue weighted by atomic mass is 10.0. The average molecular weight is 641 g/mol. The molecule has 0 saturated carbocycles. The second-order valence-corrected chi connectivity index (χ2v) is 12.2. The van der Waals surface area contributed by atoms with E-state index in [0.29, 0.717) is 50.0 Å². The molecule has 10 heteroatoms. The number of hydrogen-bond acceptors (Lipinski definition) is 8. The highest BCUT2D eigenvalue weighted by Crippen LogP contribution is 2.39. The van der Waals surface area contributed by atoms with Gasteiger partial charge in [0.15, 0.2) is 6.29 Å². The lowest BCUT2D eigenvalue weighted by Gasteiger charge is -2.36. The number of aliphatic hydroxyl groups is 1. The average Bonchev–Trinajstić information content (AvgIpc) is 3.10. The van der Waals surface area contributed by atoms with Crippen LogP contribution in [0.15, 0.2) is 102 Å². The van der Waals surface area contributed by atoms with E-state index >= 15 is 0 Å². The maximum atomic E-state index is 12.4. The van der Waals surface area contributed by atoms with Crippen molar-refractivity contribution in [3.05, 3.63) is 119 Å². The number of nitrogen functional groups attached to an aromatic ring is 1. The molecule has 0 unspecified atom stereocenters. The number of nitrogens with zero attached hydrogens (tertiary/aromatic N) is 1. The summed E-state index contributed by atoms with van der Waals surface area (Å²) in [6, 6.07) is 28.7. The minimum atomic E-state index is -0.551. The largest absolute Gasteiger partial charge is 0.397 e. The van der Waals surface area contributed by atoms with E-state index in [2.05, 4.69) is 15.6 Å². The zero-order valence-corrected chi connectivity index (χ0v) is 26.5. The van der Waals surface area contributed by atoms with Crippen LogP contribution in [0.2, 0.25) is 0 Å². The van der Waals surface area contributed by atoms with Crippen molar-refractivity contribution in [1.29, 1.82) is 0 Å². The molecule has 46 heavy (non-hydrogen) atoms. The van der Waals surface area contributed by atoms with Gasteiger partial charge in [0.25, 0.3) is 0 Å². The monoisotopic (exact) mass is 640 g/mol. The van der Waals surface area contributed by atoms with E-state index in [9.17, 15) is 14.7 Å². The predicted molar refractivity (Wildman–Crippen MR) is 180 cm³/mol. The summed E-state index contributed by atoms with van der Waals surface area (Å²) in [7, 11) is 0. The number of anilines is 2. The number of amides is 2. The van der Waals surface area contributed by atoms with Gasteiger partial charge in [0.2, 0.25) is 11.8 Å². The second kappa shape index (κ2) is 16.9. The Morgan fingerprint density at radius 3 is 2.26 bits per heavy atom. The molecule has 1 saturated heterocycles. The van der Waals surface area contributed by atoms with Gasteiger partial charge in [0.1, 0.15) is 0 Å². The third-order valence-corrected chi connectivity index (χ3v) is 8.78. The zero-order valence-electron chi connectivity index (χ0n) is 25.6. The van der Waals surface area contributed by atoms with Crippen LogP contribution in [0.25, 0.3) is 0 Å². The fraction of sp³-hybridized carbons (Fsp3) is 0.306. The molecule has 1 aliphatic heterocycles. The number of carbonyl (C=O) groups excluding carboxylic acids is 2. The molecule has 4 aromatic rings. The van der Waals surface area contributed by atoms with E-state index in [1.54, 1.807) is 30.1 Å². The third-order valence-electron chi connectivity index (χ3n) is 7.70. The van der Waals surface area contributed by atoms with Crippen LogP contribution >= 0.6 is 11.8 Å². The summed E-state index contributed by atoms with van der Waals surface area (Å²) >= 11 is 1.66. The van der Waals surface area contributed by atoms with Gasteiger partial charge in [-0.2, -0.15) is 0 Å². The summed E-state index contributed by atoms with van der Waals surface area (Å²) in [5.41, 5.74) is 10.8. The highest BCUT2D eigenvalue weighted by molar-refractivity contribution is 7.99. The molecule has 0 spiro atoms. The minimum Gasteiger partial charge on any atom is -0.397 e. The van der Waals surface area contributed by atoms with E-state index in [1.807, 2.05) is 78.9 Å². The Bertz CT molecular complexity index is 1550. The number of aliphatic hydroxyl groups excluding tert-OH is 1. The Morgan fingerprint density at radius 1 is 0.848 bits per heavy atom. The van der Waals surface area contributed by atoms with E-state index in [4.69, 9.17) is 15.2 Å². The van der Waals surface area contributed by atoms with Crippen molar-refractivity contribution >= 4 is 35.0 Å². The summed E-state index contributed by atoms with van der Waals surface area (Å²) in [6.45, 7) is 0.403. The maximum absolute atomic E-state index is 12.4. The molecule has 3 atom stereocenters. The van der Waals surface area contributed by atoms with Crippen molar-refractivity contribution in [2.75, 3.05) is 16.8 Å². The molecule has 0 bridgehead atoms. The number of nitrogens with two attached hydrogens (primary N) is 1. The molecule has 2 heterocycles. The van der Waals surface area contributed by atoms with Crippen molar-refractivity contribution in [2.24, 2.45) is 0 Å². The lowest BCUT2D eigenvalue weighted by molar-refractivity contribution is -0.245. The number of thioether (sulfide) groups is 1. The van der Waals surface area contributed by atoms with Gasteiger partial charge < -0.3 is 30.9 Å². The fourth-order valence-corrected chi connectivity index (χ4v) is 5.99. The van der Waals surface area contributed by atoms with E-state index < -0.39 is 6.29 Å². The predicted octanol–water partition coefficient (Wildman–Crippen LogP) is 6.31. The summed E-state index contributed by atoms with van der Waals surface area (Å²) in [6.07, 6.45) is 3.61. The van der Waals surface area contributed by atoms with E-state index in [0.717, 1.165) is 33.0 Å². The van der Waals surface area contributed by atoms with Crippen LogP contribution in [0.5, 0.6) is 0 Å². The quantitative estimate of drug-likeness (QED) is 0.0716. The Morgan fingerprint density at radius 2 is 1.54 bits per heavy atom. The molecule has 1 fully saturated rings. The zero-order chi connectivity index (χ0) is 32.1. The fourth-order valence-electron chi connectivity index (χ4n) is 5.11. The second-order valence-electron chi connectivity index (χ2n) is 11.2. The first-order chi connectivity index (χ1) is 22.5. The molecule has 240 valence electrons. The van der Waals surface area contributed by atoms with Crippen molar-refractivity contribution in [3.8, 4) is 0 Å². The van der Waals surface area contributed by atoms with E-state index in [1.165, 1.54) is 0 Å². The summed E-state index contributed by atoms with van der Waals surface area (Å²) in [5, 5.41) is 16.2. The SMILES string of the molecule is Nc1ccccc1NC(=O)CCCCC(=O)NCc1ccc([C@@H]2O[C@H](CSc3ccccn3)C[C@H](c3ccc(CO)cc3)O2)cc1. The molecular formula is C36H40N4O5S. The molecule has 1 aromatic heterocycles. The smallest absolute Gasteiger partial charge is 0.224 e. The van der Waals surface area contributed by atoms with Crippen LogP contribution in [0.1, 0.15) is 66.8 Å². The number of nitrogens with one attached hydrogen (secondary N) is 2. The first kappa shape index (κ1) is 33.2. The maximum Gasteiger partial charge on any atom is 0.224 e. The van der Waals surface area contributed by atoms with Gasteiger partial charge in [-0.15, -0.1) is 11.8 Å². The van der Waals surface area contributed by atoms with Gasteiger partial charge in [-0.05, 0) is 53.8 Å². The summed E-state index contributed by atoms with van der Waals surface area (Å²) in [5.74, 6) is 0.561. The van der Waals surface area contributed by atoms with Gasteiger partial charge in [-0.1, -0.05) is 66.7 Å². The number of pyridine rings is 1. The van der Waals surface area contributed by atoms with Crippen LogP contribution in [0.4, 0.5) is 11.4 Å². The van der Waals surface area contributed by atoms with E-state index in [-0.39, 0.29) is 30.6 Å². The molecule has 2 amide bonds. The van der Waals surface area contributed by atoms with Crippen LogP contribution in [-0.4, -0.2) is 33.8 Å². The Kier molecular flexibility index (Phi) is 12.2. The highest BCUT2D eigenvalue weighted by Gasteiger charge is 2.32. The molecule has 5 N–H and O–H groups in total. The molecular weight excluding hydrogens is 600 g/mol. The van der Waals surface area contributed by atoms with Gasteiger partial charge in [-0.3, -0.25) is 9.59 Å². The van der Waals surface area contributed by atoms with Crippen LogP contribution in [-0.2, 0) is 32.2 Å². The van der Waals surface area contributed by atoms with Gasteiger partial charge in [-0.25, -0.2) is 4.98 Å². The number of ether oxygens (including phenoxy) is 2. The van der Waals surface area contributed by atoms with Gasteiger partial charge >= 0.3 is 0 Å². The highest BCUT2D eigenvalue weighted by atomic mass is 32.2. The number of unbranched alkanes of at least 4 members (excludes halogenated alkanes) is 1. The number of hydrogen-bond donors (Lipinski definition) is 4. The van der Waals surface area contributed by atoms with Crippen molar-refractivity contribution in [2.45, 2.75) is 68.8 Å². The first-order valence-corrected chi connectivity index (χ1v) is 16.5. The van der Waals surface area contributed by atoms with Crippen LogP contribution in [0.3, 0.4) is 0 Å². The Hall–Kier alpha value is -4.22. The third kappa shape index (κ3) is 9.89. The molecule has 3 aromatic carbocycles. The number of aromatic nitrogens is 1. The van der Waals surface area contributed by atoms with Crippen LogP contribution < -0.4 is 16.4 Å². The summed E-state index contributed by atoms with van der Waals surface area (Å²) in [4.78, 5) is 29.0. The Balaban J connectivity index is 1.10. The molecule has 9 nitrogen and oxygen atoms in total. The standard InChI is InChI=1S/C36H40N4O5S/c37-30-7-1-2-8-31(30)40-34(43)10-4-3-9-33(42)39-22-25-12-18-28(19-13-25)36-44-29(24-46-35-11-5-6-20-38-35)21-32(45-36)27-16-14-26(23-41)15-17-27/h1-2,5-8,11-20,29,32,36,41H,3-4,9-10,21-24,37H2,(H,39,42)(H,40,43)/t29-,32+,36+/m0/s1. The lowest BCUT2D eigenvalue weighted by Crippen LogP contribution is -2.31. The Labute approximate surface area is 273 Å².